The minimum absolute atomic E-state index is 0.0227. The number of ether oxygens (including phenoxy) is 2. The Kier molecular flexibility index (Phi) is 7.44. The number of benzene rings is 2. The summed E-state index contributed by atoms with van der Waals surface area (Å²) in [6, 6.07) is 16.2. The van der Waals surface area contributed by atoms with E-state index in [1.54, 1.807) is 0 Å². The van der Waals surface area contributed by atoms with Crippen molar-refractivity contribution in [2.75, 3.05) is 26.3 Å². The molecule has 1 aliphatic carbocycles. The summed E-state index contributed by atoms with van der Waals surface area (Å²) in [5.74, 6) is -1.89. The van der Waals surface area contributed by atoms with E-state index in [0.717, 1.165) is 22.3 Å². The van der Waals surface area contributed by atoms with Gasteiger partial charge in [0.05, 0.1) is 31.2 Å². The predicted molar refractivity (Wildman–Crippen MR) is 122 cm³/mol. The van der Waals surface area contributed by atoms with Crippen LogP contribution in [0, 0.1) is 5.92 Å². The molecule has 1 heterocycles. The molecule has 0 saturated carbocycles. The summed E-state index contributed by atoms with van der Waals surface area (Å²) >= 11 is 0. The van der Waals surface area contributed by atoms with Crippen molar-refractivity contribution in [3.63, 3.8) is 0 Å². The normalized spacial score (nSPS) is 19.7. The Hall–Kier alpha value is -3.43. The fraction of sp³-hybridized carbons (Fsp3) is 0.400. The van der Waals surface area contributed by atoms with Gasteiger partial charge in [-0.25, -0.2) is 4.79 Å². The first kappa shape index (κ1) is 23.7. The Morgan fingerprint density at radius 1 is 1.03 bits per heavy atom. The number of aliphatic hydroxyl groups is 1. The summed E-state index contributed by atoms with van der Waals surface area (Å²) in [7, 11) is 0. The smallest absolute Gasteiger partial charge is 0.407 e. The van der Waals surface area contributed by atoms with Gasteiger partial charge in [-0.3, -0.25) is 9.59 Å². The molecule has 0 radical (unpaired) electrons. The zero-order valence-electron chi connectivity index (χ0n) is 18.6. The third-order valence-electron chi connectivity index (χ3n) is 6.19. The quantitative estimate of drug-likeness (QED) is 0.441. The SMILES string of the molecule is O=C(O)CC(O)CNC(=O)C1COC(CNC(=O)OCC2c3ccccc3-c3ccccc32)C1. The molecule has 2 aromatic rings. The molecule has 0 bridgehead atoms. The third kappa shape index (κ3) is 5.55. The van der Waals surface area contributed by atoms with Crippen LogP contribution in [0.15, 0.2) is 48.5 Å². The predicted octanol–water partition coefficient (Wildman–Crippen LogP) is 1.88. The summed E-state index contributed by atoms with van der Waals surface area (Å²) in [6.45, 7) is 0.485. The molecule has 9 heteroatoms. The van der Waals surface area contributed by atoms with Crippen LogP contribution in [-0.4, -0.2) is 66.7 Å². The van der Waals surface area contributed by atoms with Gasteiger partial charge in [0.2, 0.25) is 5.91 Å². The van der Waals surface area contributed by atoms with Crippen LogP contribution in [0.2, 0.25) is 0 Å². The minimum Gasteiger partial charge on any atom is -0.481 e. The number of hydrogen-bond donors (Lipinski definition) is 4. The number of aliphatic hydroxyl groups excluding tert-OH is 1. The van der Waals surface area contributed by atoms with E-state index >= 15 is 0 Å². The molecule has 3 atom stereocenters. The Bertz CT molecular complexity index is 1010. The number of carboxylic acids is 1. The van der Waals surface area contributed by atoms with E-state index in [-0.39, 0.29) is 44.2 Å². The fourth-order valence-corrected chi connectivity index (χ4v) is 4.51. The van der Waals surface area contributed by atoms with Crippen molar-refractivity contribution in [1.82, 2.24) is 10.6 Å². The van der Waals surface area contributed by atoms with E-state index in [2.05, 4.69) is 34.9 Å². The Labute approximate surface area is 197 Å². The van der Waals surface area contributed by atoms with E-state index in [1.165, 1.54) is 0 Å². The molecule has 2 amide bonds. The van der Waals surface area contributed by atoms with Crippen LogP contribution >= 0.6 is 0 Å². The van der Waals surface area contributed by atoms with Crippen LogP contribution in [-0.2, 0) is 19.1 Å². The average molecular weight is 469 g/mol. The largest absolute Gasteiger partial charge is 0.481 e. The van der Waals surface area contributed by atoms with Crippen molar-refractivity contribution in [3.8, 4) is 11.1 Å². The van der Waals surface area contributed by atoms with Gasteiger partial charge in [-0.15, -0.1) is 0 Å². The first-order chi connectivity index (χ1) is 16.4. The average Bonchev–Trinajstić information content (AvgIpc) is 3.42. The maximum Gasteiger partial charge on any atom is 0.407 e. The number of nitrogens with one attached hydrogen (secondary N) is 2. The second kappa shape index (κ2) is 10.7. The fourth-order valence-electron chi connectivity index (χ4n) is 4.51. The highest BCUT2D eigenvalue weighted by Crippen LogP contribution is 2.44. The zero-order chi connectivity index (χ0) is 24.1. The van der Waals surface area contributed by atoms with Crippen LogP contribution in [0.5, 0.6) is 0 Å². The molecule has 4 N–H and O–H groups in total. The number of fused-ring (bicyclic) bond motifs is 3. The third-order valence-corrected chi connectivity index (χ3v) is 6.19. The van der Waals surface area contributed by atoms with Gasteiger partial charge in [0.25, 0.3) is 0 Å². The lowest BCUT2D eigenvalue weighted by Crippen LogP contribution is -2.37. The standard InChI is InChI=1S/C25H28N2O7/c28-16(10-23(29)30)11-26-24(31)15-9-17(33-13-15)12-27-25(32)34-14-22-20-7-3-1-5-18(20)19-6-2-4-8-21(19)22/h1-8,15-17,22,28H,9-14H2,(H,26,31)(H,27,32)(H,29,30). The van der Waals surface area contributed by atoms with Gasteiger partial charge >= 0.3 is 12.1 Å². The van der Waals surface area contributed by atoms with E-state index in [1.807, 2.05) is 24.3 Å². The summed E-state index contributed by atoms with van der Waals surface area (Å²) in [4.78, 5) is 35.1. The molecule has 9 nitrogen and oxygen atoms in total. The maximum absolute atomic E-state index is 12.3. The van der Waals surface area contributed by atoms with Crippen molar-refractivity contribution in [3.05, 3.63) is 59.7 Å². The lowest BCUT2D eigenvalue weighted by Gasteiger charge is -2.16. The molecule has 1 fully saturated rings. The maximum atomic E-state index is 12.3. The highest BCUT2D eigenvalue weighted by Gasteiger charge is 2.32. The van der Waals surface area contributed by atoms with Crippen LogP contribution in [0.4, 0.5) is 4.79 Å². The molecule has 4 rings (SSSR count). The topological polar surface area (TPSA) is 134 Å². The zero-order valence-corrected chi connectivity index (χ0v) is 18.6. The van der Waals surface area contributed by atoms with Crippen LogP contribution in [0.3, 0.4) is 0 Å². The molecule has 180 valence electrons. The number of amides is 2. The Morgan fingerprint density at radius 3 is 2.32 bits per heavy atom. The molecular weight excluding hydrogens is 440 g/mol. The number of aliphatic carboxylic acids is 1. The summed E-state index contributed by atoms with van der Waals surface area (Å²) in [5.41, 5.74) is 4.59. The van der Waals surface area contributed by atoms with Crippen molar-refractivity contribution in [1.29, 1.82) is 0 Å². The number of carbonyl (C=O) groups excluding carboxylic acids is 2. The Morgan fingerprint density at radius 2 is 1.68 bits per heavy atom. The summed E-state index contributed by atoms with van der Waals surface area (Å²) in [5, 5.41) is 23.4. The molecular formula is C25H28N2O7. The van der Waals surface area contributed by atoms with Gasteiger partial charge in [0.1, 0.15) is 6.61 Å². The van der Waals surface area contributed by atoms with E-state index in [0.29, 0.717) is 6.42 Å². The number of carboxylic acid groups (broad SMARTS) is 1. The van der Waals surface area contributed by atoms with Gasteiger partial charge < -0.3 is 30.3 Å². The molecule has 1 saturated heterocycles. The van der Waals surface area contributed by atoms with Gasteiger partial charge in [-0.05, 0) is 28.7 Å². The number of hydrogen-bond acceptors (Lipinski definition) is 6. The van der Waals surface area contributed by atoms with Crippen molar-refractivity contribution >= 4 is 18.0 Å². The number of alkyl carbamates (subject to hydrolysis) is 1. The lowest BCUT2D eigenvalue weighted by molar-refractivity contribution is -0.139. The van der Waals surface area contributed by atoms with Crippen molar-refractivity contribution in [2.45, 2.75) is 31.0 Å². The second-order valence-electron chi connectivity index (χ2n) is 8.59. The highest BCUT2D eigenvalue weighted by atomic mass is 16.5. The summed E-state index contributed by atoms with van der Waals surface area (Å²) < 4.78 is 11.1. The molecule has 3 unspecified atom stereocenters. The number of rotatable bonds is 9. The van der Waals surface area contributed by atoms with Gasteiger partial charge in [0.15, 0.2) is 0 Å². The van der Waals surface area contributed by atoms with Gasteiger partial charge in [-0.2, -0.15) is 0 Å². The first-order valence-corrected chi connectivity index (χ1v) is 11.3. The first-order valence-electron chi connectivity index (χ1n) is 11.3. The van der Waals surface area contributed by atoms with E-state index < -0.39 is 30.5 Å². The Balaban J connectivity index is 1.20. The van der Waals surface area contributed by atoms with Gasteiger partial charge in [0, 0.05) is 19.0 Å². The van der Waals surface area contributed by atoms with Crippen LogP contribution in [0.25, 0.3) is 11.1 Å². The highest BCUT2D eigenvalue weighted by molar-refractivity contribution is 5.80. The molecule has 1 aliphatic heterocycles. The van der Waals surface area contributed by atoms with Gasteiger partial charge in [-0.1, -0.05) is 48.5 Å². The van der Waals surface area contributed by atoms with Crippen LogP contribution < -0.4 is 10.6 Å². The molecule has 0 aromatic heterocycles. The van der Waals surface area contributed by atoms with Crippen LogP contribution in [0.1, 0.15) is 29.9 Å². The molecule has 0 spiro atoms. The number of carbonyl (C=O) groups is 3. The molecule has 2 aliphatic rings. The van der Waals surface area contributed by atoms with Crippen molar-refractivity contribution in [2.24, 2.45) is 5.92 Å². The second-order valence-corrected chi connectivity index (χ2v) is 8.59. The van der Waals surface area contributed by atoms with E-state index in [9.17, 15) is 19.5 Å². The molecule has 2 aromatic carbocycles. The van der Waals surface area contributed by atoms with Crippen molar-refractivity contribution < 1.29 is 34.1 Å². The lowest BCUT2D eigenvalue weighted by atomic mass is 9.98. The minimum atomic E-state index is -1.14. The summed E-state index contributed by atoms with van der Waals surface area (Å²) in [6.07, 6.45) is -2.05. The van der Waals surface area contributed by atoms with E-state index in [4.69, 9.17) is 14.6 Å². The molecule has 34 heavy (non-hydrogen) atoms. The monoisotopic (exact) mass is 468 g/mol.